The van der Waals surface area contributed by atoms with E-state index in [1.807, 2.05) is 47.5 Å². The Bertz CT molecular complexity index is 832. The third kappa shape index (κ3) is 4.94. The van der Waals surface area contributed by atoms with E-state index < -0.39 is 0 Å². The molecular weight excluding hydrogens is 398 g/mol. The van der Waals surface area contributed by atoms with E-state index >= 15 is 0 Å². The summed E-state index contributed by atoms with van der Waals surface area (Å²) in [6, 6.07) is 14.3. The summed E-state index contributed by atoms with van der Waals surface area (Å²) >= 11 is 6.38. The maximum absolute atomic E-state index is 12.8. The molecule has 2 saturated heterocycles. The van der Waals surface area contributed by atoms with E-state index in [2.05, 4.69) is 32.7 Å². The van der Waals surface area contributed by atoms with Crippen LogP contribution in [0.3, 0.4) is 0 Å². The number of rotatable bonds is 5. The zero-order valence-corrected chi connectivity index (χ0v) is 18.3. The summed E-state index contributed by atoms with van der Waals surface area (Å²) in [6.07, 6.45) is 1.82. The van der Waals surface area contributed by atoms with E-state index in [0.717, 1.165) is 63.2 Å². The quantitative estimate of drug-likeness (QED) is 0.734. The van der Waals surface area contributed by atoms with Gasteiger partial charge in [0.05, 0.1) is 6.54 Å². The van der Waals surface area contributed by atoms with Gasteiger partial charge in [0.25, 0.3) is 0 Å². The molecule has 30 heavy (non-hydrogen) atoms. The van der Waals surface area contributed by atoms with Crippen molar-refractivity contribution in [3.8, 4) is 0 Å². The largest absolute Gasteiger partial charge is 0.353 e. The molecule has 1 amide bonds. The first-order chi connectivity index (χ1) is 14.6. The highest BCUT2D eigenvalue weighted by Crippen LogP contribution is 2.27. The molecule has 1 unspecified atom stereocenters. The number of anilines is 1. The van der Waals surface area contributed by atoms with Gasteiger partial charge in [0, 0.05) is 69.6 Å². The molecule has 7 heteroatoms. The lowest BCUT2D eigenvalue weighted by Crippen LogP contribution is -2.54. The fraction of sp³-hybridized carbons (Fsp3) is 0.478. The monoisotopic (exact) mass is 427 g/mol. The van der Waals surface area contributed by atoms with Gasteiger partial charge in [0.15, 0.2) is 0 Å². The second-order valence-electron chi connectivity index (χ2n) is 8.07. The van der Waals surface area contributed by atoms with Crippen molar-refractivity contribution in [1.29, 1.82) is 0 Å². The van der Waals surface area contributed by atoms with Crippen LogP contribution in [-0.2, 0) is 4.79 Å². The van der Waals surface area contributed by atoms with E-state index in [1.54, 1.807) is 0 Å². The van der Waals surface area contributed by atoms with Gasteiger partial charge < -0.3 is 9.80 Å². The Hall–Kier alpha value is -2.15. The number of halogens is 1. The van der Waals surface area contributed by atoms with E-state index in [4.69, 9.17) is 11.6 Å². The van der Waals surface area contributed by atoms with Crippen LogP contribution >= 0.6 is 11.6 Å². The molecule has 0 saturated carbocycles. The Morgan fingerprint density at radius 1 is 0.967 bits per heavy atom. The Balaban J connectivity index is 1.23. The molecule has 160 valence electrons. The average Bonchev–Trinajstić information content (AvgIpc) is 2.80. The van der Waals surface area contributed by atoms with Crippen molar-refractivity contribution in [2.75, 3.05) is 63.8 Å². The molecule has 3 heterocycles. The van der Waals surface area contributed by atoms with Crippen molar-refractivity contribution >= 4 is 23.3 Å². The zero-order chi connectivity index (χ0) is 20.9. The first-order valence-electron chi connectivity index (χ1n) is 10.8. The van der Waals surface area contributed by atoms with E-state index in [9.17, 15) is 4.79 Å². The minimum atomic E-state index is 0.239. The number of nitrogens with zero attached hydrogens (tertiary/aromatic N) is 5. The summed E-state index contributed by atoms with van der Waals surface area (Å²) in [5.74, 6) is 1.23. The van der Waals surface area contributed by atoms with Crippen LogP contribution in [0.4, 0.5) is 5.82 Å². The lowest BCUT2D eigenvalue weighted by atomic mass is 10.1. The number of aromatic nitrogens is 1. The van der Waals surface area contributed by atoms with Crippen molar-refractivity contribution in [3.05, 3.63) is 59.2 Å². The molecule has 0 aliphatic carbocycles. The number of carbonyl (C=O) groups is 1. The molecule has 0 radical (unpaired) electrons. The van der Waals surface area contributed by atoms with Crippen LogP contribution in [0, 0.1) is 0 Å². The van der Waals surface area contributed by atoms with Gasteiger partial charge in [0.1, 0.15) is 5.82 Å². The van der Waals surface area contributed by atoms with Crippen molar-refractivity contribution < 1.29 is 4.79 Å². The Morgan fingerprint density at radius 3 is 2.33 bits per heavy atom. The van der Waals surface area contributed by atoms with Gasteiger partial charge in [-0.25, -0.2) is 4.98 Å². The van der Waals surface area contributed by atoms with Crippen molar-refractivity contribution in [3.63, 3.8) is 0 Å². The third-order valence-electron chi connectivity index (χ3n) is 6.27. The normalized spacial score (nSPS) is 19.7. The molecule has 2 aromatic rings. The lowest BCUT2D eigenvalue weighted by Gasteiger charge is -2.40. The Labute approximate surface area is 184 Å². The molecule has 1 atom stereocenters. The van der Waals surface area contributed by atoms with Gasteiger partial charge >= 0.3 is 0 Å². The molecule has 0 spiro atoms. The predicted molar refractivity (Wildman–Crippen MR) is 121 cm³/mol. The molecule has 2 aliphatic rings. The fourth-order valence-electron chi connectivity index (χ4n) is 4.34. The SMILES string of the molecule is CC(c1ccccc1Cl)N1CCN(CC(=O)N2CCN(c3ccccn3)CC2)CC1. The summed E-state index contributed by atoms with van der Waals surface area (Å²) in [4.78, 5) is 26.2. The lowest BCUT2D eigenvalue weighted by molar-refractivity contribution is -0.133. The Kier molecular flexibility index (Phi) is 6.87. The highest BCUT2D eigenvalue weighted by molar-refractivity contribution is 6.31. The number of carbonyl (C=O) groups excluding carboxylic acids is 1. The van der Waals surface area contributed by atoms with Crippen LogP contribution in [0.15, 0.2) is 48.7 Å². The van der Waals surface area contributed by atoms with E-state index in [1.165, 1.54) is 5.56 Å². The summed E-state index contributed by atoms with van der Waals surface area (Å²) in [7, 11) is 0. The van der Waals surface area contributed by atoms with Gasteiger partial charge in [-0.3, -0.25) is 14.6 Å². The molecule has 6 nitrogen and oxygen atoms in total. The van der Waals surface area contributed by atoms with Crippen molar-refractivity contribution in [2.24, 2.45) is 0 Å². The van der Waals surface area contributed by atoms with Gasteiger partial charge in [-0.15, -0.1) is 0 Å². The minimum absolute atomic E-state index is 0.239. The maximum atomic E-state index is 12.8. The topological polar surface area (TPSA) is 42.9 Å². The van der Waals surface area contributed by atoms with Gasteiger partial charge in [0.2, 0.25) is 5.91 Å². The highest BCUT2D eigenvalue weighted by atomic mass is 35.5. The smallest absolute Gasteiger partial charge is 0.236 e. The van der Waals surface area contributed by atoms with Crippen LogP contribution in [0.25, 0.3) is 0 Å². The molecule has 1 aromatic heterocycles. The second-order valence-corrected chi connectivity index (χ2v) is 8.47. The van der Waals surface area contributed by atoms with Crippen LogP contribution in [-0.4, -0.2) is 84.5 Å². The first kappa shape index (κ1) is 21.1. The maximum Gasteiger partial charge on any atom is 0.236 e. The van der Waals surface area contributed by atoms with Gasteiger partial charge in [-0.05, 0) is 30.7 Å². The predicted octanol–water partition coefficient (Wildman–Crippen LogP) is 2.76. The Morgan fingerprint density at radius 2 is 1.67 bits per heavy atom. The third-order valence-corrected chi connectivity index (χ3v) is 6.62. The number of hydrogen-bond acceptors (Lipinski definition) is 5. The van der Waals surface area contributed by atoms with Crippen molar-refractivity contribution in [1.82, 2.24) is 19.7 Å². The molecule has 0 N–H and O–H groups in total. The number of piperazine rings is 2. The van der Waals surface area contributed by atoms with Crippen LogP contribution in [0.1, 0.15) is 18.5 Å². The van der Waals surface area contributed by atoms with E-state index in [0.29, 0.717) is 6.54 Å². The van der Waals surface area contributed by atoms with Crippen LogP contribution in [0.5, 0.6) is 0 Å². The van der Waals surface area contributed by atoms with Gasteiger partial charge in [-0.1, -0.05) is 35.9 Å². The molecule has 0 bridgehead atoms. The van der Waals surface area contributed by atoms with Crippen LogP contribution in [0.2, 0.25) is 5.02 Å². The van der Waals surface area contributed by atoms with Crippen molar-refractivity contribution in [2.45, 2.75) is 13.0 Å². The molecule has 1 aromatic carbocycles. The molecule has 4 rings (SSSR count). The second kappa shape index (κ2) is 9.77. The average molecular weight is 428 g/mol. The number of amides is 1. The molecular formula is C23H30ClN5O. The molecule has 2 fully saturated rings. The highest BCUT2D eigenvalue weighted by Gasteiger charge is 2.27. The fourth-order valence-corrected chi connectivity index (χ4v) is 4.63. The zero-order valence-electron chi connectivity index (χ0n) is 17.6. The summed E-state index contributed by atoms with van der Waals surface area (Å²) in [6.45, 7) is 9.65. The summed E-state index contributed by atoms with van der Waals surface area (Å²) < 4.78 is 0. The van der Waals surface area contributed by atoms with E-state index in [-0.39, 0.29) is 11.9 Å². The number of hydrogen-bond donors (Lipinski definition) is 0. The minimum Gasteiger partial charge on any atom is -0.353 e. The first-order valence-corrected chi connectivity index (χ1v) is 11.1. The number of pyridine rings is 1. The summed E-state index contributed by atoms with van der Waals surface area (Å²) in [5, 5.41) is 0.826. The van der Waals surface area contributed by atoms with Crippen LogP contribution < -0.4 is 4.90 Å². The summed E-state index contributed by atoms with van der Waals surface area (Å²) in [5.41, 5.74) is 1.18. The number of benzene rings is 1. The molecule has 2 aliphatic heterocycles. The standard InChI is InChI=1S/C23H30ClN5O/c1-19(20-6-2-3-7-21(20)24)27-12-10-26(11-13-27)18-23(30)29-16-14-28(15-17-29)22-8-4-5-9-25-22/h2-9,19H,10-18H2,1H3. The van der Waals surface area contributed by atoms with Gasteiger partial charge in [-0.2, -0.15) is 0 Å².